The normalized spacial score (nSPS) is 27.3. The molecule has 1 amide bonds. The van der Waals surface area contributed by atoms with Crippen LogP contribution >= 0.6 is 0 Å². The summed E-state index contributed by atoms with van der Waals surface area (Å²) in [5, 5.41) is 3.00. The predicted molar refractivity (Wildman–Crippen MR) is 82.9 cm³/mol. The van der Waals surface area contributed by atoms with E-state index < -0.39 is 14.2 Å². The van der Waals surface area contributed by atoms with Gasteiger partial charge in [0.2, 0.25) is 5.91 Å². The number of carbonyl (C=O) groups excluding carboxylic acids is 2. The summed E-state index contributed by atoms with van der Waals surface area (Å²) in [7, 11) is -1.86. The fourth-order valence-electron chi connectivity index (χ4n) is 2.20. The molecular formula is C15H27NO3Si. The van der Waals surface area contributed by atoms with Crippen LogP contribution in [-0.4, -0.2) is 32.7 Å². The van der Waals surface area contributed by atoms with E-state index in [1.54, 1.807) is 6.08 Å². The number of hydrogen-bond donors (Lipinski definition) is 1. The molecule has 0 spiro atoms. The van der Waals surface area contributed by atoms with Gasteiger partial charge in [-0.3, -0.25) is 9.59 Å². The SMILES string of the molecule is C=C[C@H]1[C@H](C(C)=O)C(=O)N[C@@H]1CO[Si](C)(C)C(C)(C)C. The van der Waals surface area contributed by atoms with Crippen LogP contribution in [0.15, 0.2) is 12.7 Å². The fourth-order valence-corrected chi connectivity index (χ4v) is 3.23. The Morgan fingerprint density at radius 3 is 2.40 bits per heavy atom. The van der Waals surface area contributed by atoms with Gasteiger partial charge in [0.25, 0.3) is 0 Å². The van der Waals surface area contributed by atoms with Crippen LogP contribution in [0.5, 0.6) is 0 Å². The average Bonchev–Trinajstić information content (AvgIpc) is 2.61. The first-order valence-electron chi connectivity index (χ1n) is 7.08. The summed E-state index contributed by atoms with van der Waals surface area (Å²) < 4.78 is 6.15. The second-order valence-electron chi connectivity index (χ2n) is 7.09. The molecule has 5 heteroatoms. The first-order chi connectivity index (χ1) is 9.01. The largest absolute Gasteiger partial charge is 0.415 e. The average molecular weight is 297 g/mol. The maximum atomic E-state index is 11.9. The lowest BCUT2D eigenvalue weighted by molar-refractivity contribution is -0.131. The zero-order valence-corrected chi connectivity index (χ0v) is 14.4. The van der Waals surface area contributed by atoms with Crippen molar-refractivity contribution in [3.63, 3.8) is 0 Å². The van der Waals surface area contributed by atoms with E-state index in [1.165, 1.54) is 6.92 Å². The molecule has 3 atom stereocenters. The highest BCUT2D eigenvalue weighted by molar-refractivity contribution is 6.74. The van der Waals surface area contributed by atoms with Gasteiger partial charge in [-0.1, -0.05) is 26.8 Å². The molecule has 1 rings (SSSR count). The van der Waals surface area contributed by atoms with Crippen LogP contribution in [0.3, 0.4) is 0 Å². The highest BCUT2D eigenvalue weighted by atomic mass is 28.4. The molecule has 0 aromatic carbocycles. The van der Waals surface area contributed by atoms with E-state index in [0.29, 0.717) is 6.61 Å². The lowest BCUT2D eigenvalue weighted by Gasteiger charge is -2.37. The van der Waals surface area contributed by atoms with Gasteiger partial charge in [0, 0.05) is 5.92 Å². The minimum Gasteiger partial charge on any atom is -0.415 e. The number of nitrogens with one attached hydrogen (secondary N) is 1. The molecule has 1 aliphatic heterocycles. The Morgan fingerprint density at radius 1 is 1.45 bits per heavy atom. The van der Waals surface area contributed by atoms with Crippen LogP contribution in [0.4, 0.5) is 0 Å². The molecule has 0 aromatic heterocycles. The Kier molecular flexibility index (Phi) is 4.97. The molecule has 0 unspecified atom stereocenters. The van der Waals surface area contributed by atoms with E-state index in [4.69, 9.17) is 4.43 Å². The third kappa shape index (κ3) is 3.38. The molecule has 114 valence electrons. The monoisotopic (exact) mass is 297 g/mol. The Morgan fingerprint density at radius 2 is 2.00 bits per heavy atom. The smallest absolute Gasteiger partial charge is 0.231 e. The van der Waals surface area contributed by atoms with Gasteiger partial charge in [0.15, 0.2) is 8.32 Å². The van der Waals surface area contributed by atoms with Crippen molar-refractivity contribution in [3.8, 4) is 0 Å². The van der Waals surface area contributed by atoms with Crippen LogP contribution in [0.2, 0.25) is 18.1 Å². The lowest BCUT2D eigenvalue weighted by atomic mass is 9.88. The van der Waals surface area contributed by atoms with E-state index in [1.807, 2.05) is 0 Å². The van der Waals surface area contributed by atoms with Crippen LogP contribution in [0.25, 0.3) is 0 Å². The molecule has 1 saturated heterocycles. The summed E-state index contributed by atoms with van der Waals surface area (Å²) in [5.41, 5.74) is 0. The van der Waals surface area contributed by atoms with E-state index in [-0.39, 0.29) is 28.7 Å². The van der Waals surface area contributed by atoms with Crippen molar-refractivity contribution in [2.75, 3.05) is 6.61 Å². The molecule has 0 aliphatic carbocycles. The van der Waals surface area contributed by atoms with Gasteiger partial charge in [-0.15, -0.1) is 6.58 Å². The van der Waals surface area contributed by atoms with E-state index >= 15 is 0 Å². The van der Waals surface area contributed by atoms with Crippen molar-refractivity contribution < 1.29 is 14.0 Å². The summed E-state index contributed by atoms with van der Waals surface area (Å²) in [6, 6.07) is -0.150. The predicted octanol–water partition coefficient (Wildman–Crippen LogP) is 2.51. The van der Waals surface area contributed by atoms with Crippen molar-refractivity contribution in [2.45, 2.75) is 51.9 Å². The number of Topliss-reactive ketones (excluding diaryl/α,β-unsaturated/α-hetero) is 1. The quantitative estimate of drug-likeness (QED) is 0.482. The standard InChI is InChI=1S/C15H27NO3Si/c1-8-11-12(16-14(18)13(11)10(2)17)9-19-20(6,7)15(3,4)5/h8,11-13H,1,9H2,2-7H3,(H,16,18)/t11-,12-,13+/m1/s1. The van der Waals surface area contributed by atoms with Gasteiger partial charge in [-0.05, 0) is 25.1 Å². The molecule has 0 aromatic rings. The number of ketones is 1. The third-order valence-corrected chi connectivity index (χ3v) is 9.10. The summed E-state index contributed by atoms with van der Waals surface area (Å²) in [5.74, 6) is -1.10. The zero-order valence-electron chi connectivity index (χ0n) is 13.4. The van der Waals surface area contributed by atoms with Gasteiger partial charge in [0.1, 0.15) is 11.7 Å². The Balaban J connectivity index is 2.77. The number of rotatable bonds is 5. The van der Waals surface area contributed by atoms with Gasteiger partial charge in [-0.25, -0.2) is 0 Å². The molecule has 0 saturated carbocycles. The number of amides is 1. The Labute approximate surface area is 123 Å². The molecule has 1 N–H and O–H groups in total. The minimum absolute atomic E-state index is 0.109. The third-order valence-electron chi connectivity index (χ3n) is 4.60. The molecule has 0 radical (unpaired) electrons. The maximum absolute atomic E-state index is 11.9. The lowest BCUT2D eigenvalue weighted by Crippen LogP contribution is -2.45. The molecule has 20 heavy (non-hydrogen) atoms. The number of carbonyl (C=O) groups is 2. The molecule has 1 fully saturated rings. The van der Waals surface area contributed by atoms with Crippen LogP contribution in [0.1, 0.15) is 27.7 Å². The van der Waals surface area contributed by atoms with Crippen LogP contribution in [-0.2, 0) is 14.0 Å². The van der Waals surface area contributed by atoms with Crippen LogP contribution in [0, 0.1) is 11.8 Å². The molecule has 1 heterocycles. The molecule has 4 nitrogen and oxygen atoms in total. The molecular weight excluding hydrogens is 270 g/mol. The molecule has 0 bridgehead atoms. The van der Waals surface area contributed by atoms with E-state index in [9.17, 15) is 9.59 Å². The summed E-state index contributed by atoms with van der Waals surface area (Å²) in [4.78, 5) is 23.5. The van der Waals surface area contributed by atoms with E-state index in [0.717, 1.165) is 0 Å². The highest BCUT2D eigenvalue weighted by Crippen LogP contribution is 2.37. The molecule has 1 aliphatic rings. The minimum atomic E-state index is -1.86. The van der Waals surface area contributed by atoms with Crippen molar-refractivity contribution in [1.29, 1.82) is 0 Å². The topological polar surface area (TPSA) is 55.4 Å². The first-order valence-corrected chi connectivity index (χ1v) is 9.99. The second kappa shape index (κ2) is 5.82. The van der Waals surface area contributed by atoms with Crippen molar-refractivity contribution in [1.82, 2.24) is 5.32 Å². The number of hydrogen-bond acceptors (Lipinski definition) is 3. The van der Waals surface area contributed by atoms with Gasteiger partial charge in [-0.2, -0.15) is 0 Å². The van der Waals surface area contributed by atoms with Crippen molar-refractivity contribution in [2.24, 2.45) is 11.8 Å². The van der Waals surface area contributed by atoms with Crippen LogP contribution < -0.4 is 5.32 Å². The Hall–Kier alpha value is -0.943. The maximum Gasteiger partial charge on any atom is 0.231 e. The Bertz CT molecular complexity index is 412. The van der Waals surface area contributed by atoms with Crippen molar-refractivity contribution >= 4 is 20.0 Å². The van der Waals surface area contributed by atoms with Gasteiger partial charge < -0.3 is 9.74 Å². The van der Waals surface area contributed by atoms with Crippen molar-refractivity contribution in [3.05, 3.63) is 12.7 Å². The first kappa shape index (κ1) is 17.1. The van der Waals surface area contributed by atoms with E-state index in [2.05, 4.69) is 45.8 Å². The summed E-state index contributed by atoms with van der Waals surface area (Å²) in [6.45, 7) is 16.5. The fraction of sp³-hybridized carbons (Fsp3) is 0.733. The van der Waals surface area contributed by atoms with Gasteiger partial charge >= 0.3 is 0 Å². The summed E-state index contributed by atoms with van der Waals surface area (Å²) >= 11 is 0. The highest BCUT2D eigenvalue weighted by Gasteiger charge is 2.45. The zero-order chi connectivity index (χ0) is 15.7. The second-order valence-corrected chi connectivity index (χ2v) is 11.9. The van der Waals surface area contributed by atoms with Gasteiger partial charge in [0.05, 0.1) is 12.6 Å². The summed E-state index contributed by atoms with van der Waals surface area (Å²) in [6.07, 6.45) is 1.70.